The summed E-state index contributed by atoms with van der Waals surface area (Å²) in [6.07, 6.45) is 0.354. The van der Waals surface area contributed by atoms with Gasteiger partial charge < -0.3 is 30.0 Å². The van der Waals surface area contributed by atoms with E-state index in [1.54, 1.807) is 23.9 Å². The van der Waals surface area contributed by atoms with Crippen LogP contribution in [0.15, 0.2) is 35.2 Å². The number of nitrogens with one attached hydrogen (secondary N) is 1. The van der Waals surface area contributed by atoms with Crippen molar-refractivity contribution in [3.8, 4) is 23.0 Å². The minimum absolute atomic E-state index is 0.111. The number of ether oxygens (including phenoxy) is 4. The largest absolute Gasteiger partial charge is 0.486 e. The molecule has 0 atom stereocenters. The van der Waals surface area contributed by atoms with Crippen LogP contribution in [0, 0.1) is 0 Å². The summed E-state index contributed by atoms with van der Waals surface area (Å²) in [5.74, 6) is 3.21. The highest BCUT2D eigenvalue weighted by molar-refractivity contribution is 7.99. The van der Waals surface area contributed by atoms with E-state index in [4.69, 9.17) is 24.7 Å². The Morgan fingerprint density at radius 1 is 1.00 bits per heavy atom. The zero-order chi connectivity index (χ0) is 17.9. The Bertz CT molecular complexity index is 843. The first-order chi connectivity index (χ1) is 12.7. The Morgan fingerprint density at radius 3 is 2.58 bits per heavy atom. The maximum absolute atomic E-state index is 12.2. The summed E-state index contributed by atoms with van der Waals surface area (Å²) < 4.78 is 21.6. The fraction of sp³-hybridized carbons (Fsp3) is 0.278. The highest BCUT2D eigenvalue weighted by atomic mass is 32.2. The summed E-state index contributed by atoms with van der Waals surface area (Å²) in [4.78, 5) is 13.2. The van der Waals surface area contributed by atoms with Crippen LogP contribution in [-0.2, 0) is 4.79 Å². The summed E-state index contributed by atoms with van der Waals surface area (Å²) in [7, 11) is 0. The number of benzene rings is 2. The molecule has 0 bridgehead atoms. The molecule has 8 heteroatoms. The Morgan fingerprint density at radius 2 is 1.73 bits per heavy atom. The van der Waals surface area contributed by atoms with Gasteiger partial charge in [-0.05, 0) is 18.2 Å². The van der Waals surface area contributed by atoms with Gasteiger partial charge >= 0.3 is 0 Å². The topological polar surface area (TPSA) is 92.0 Å². The van der Waals surface area contributed by atoms with E-state index in [1.807, 2.05) is 18.2 Å². The van der Waals surface area contributed by atoms with E-state index in [2.05, 4.69) is 5.32 Å². The minimum Gasteiger partial charge on any atom is -0.486 e. The summed E-state index contributed by atoms with van der Waals surface area (Å²) in [5, 5.41) is 2.82. The molecule has 2 heterocycles. The van der Waals surface area contributed by atoms with E-state index in [0.717, 1.165) is 16.4 Å². The number of anilines is 2. The third-order valence-corrected chi connectivity index (χ3v) is 4.93. The zero-order valence-corrected chi connectivity index (χ0v) is 14.8. The van der Waals surface area contributed by atoms with Crippen LogP contribution in [0.3, 0.4) is 0 Å². The van der Waals surface area contributed by atoms with E-state index in [0.29, 0.717) is 48.3 Å². The second-order valence-corrected chi connectivity index (χ2v) is 6.91. The van der Waals surface area contributed by atoms with E-state index in [-0.39, 0.29) is 12.7 Å². The first-order valence-electron chi connectivity index (χ1n) is 8.20. The quantitative estimate of drug-likeness (QED) is 0.614. The van der Waals surface area contributed by atoms with Crippen molar-refractivity contribution in [1.29, 1.82) is 0 Å². The monoisotopic (exact) mass is 374 g/mol. The second-order valence-electron chi connectivity index (χ2n) is 5.74. The Labute approximate surface area is 154 Å². The van der Waals surface area contributed by atoms with Crippen molar-refractivity contribution in [2.75, 3.05) is 36.8 Å². The molecule has 0 radical (unpaired) electrons. The molecule has 26 heavy (non-hydrogen) atoms. The second kappa shape index (κ2) is 7.25. The molecule has 3 N–H and O–H groups in total. The standard InChI is InChI=1S/C18H18N2O5S/c19-12-8-16-17(25-10-24-16)9-13(12)20-18(21)3-6-26-11-1-2-14-15(7-11)23-5-4-22-14/h1-2,7-9H,3-6,10,19H2,(H,20,21). The zero-order valence-electron chi connectivity index (χ0n) is 13.9. The van der Waals surface area contributed by atoms with Crippen LogP contribution < -0.4 is 30.0 Å². The van der Waals surface area contributed by atoms with Crippen LogP contribution in [0.25, 0.3) is 0 Å². The molecule has 0 aromatic heterocycles. The summed E-state index contributed by atoms with van der Waals surface area (Å²) in [6.45, 7) is 1.29. The Balaban J connectivity index is 1.31. The number of carbonyl (C=O) groups excluding carboxylic acids is 1. The first-order valence-corrected chi connectivity index (χ1v) is 9.19. The van der Waals surface area contributed by atoms with Gasteiger partial charge in [-0.2, -0.15) is 0 Å². The molecule has 136 valence electrons. The molecule has 1 amide bonds. The normalized spacial score (nSPS) is 14.2. The number of rotatable bonds is 5. The number of nitrogen functional groups attached to an aromatic ring is 1. The summed E-state index contributed by atoms with van der Waals surface area (Å²) >= 11 is 1.58. The van der Waals surface area contributed by atoms with Gasteiger partial charge in [-0.15, -0.1) is 11.8 Å². The maximum atomic E-state index is 12.2. The molecule has 2 aromatic carbocycles. The van der Waals surface area contributed by atoms with Crippen LogP contribution >= 0.6 is 11.8 Å². The number of amides is 1. The lowest BCUT2D eigenvalue weighted by atomic mass is 10.2. The van der Waals surface area contributed by atoms with E-state index < -0.39 is 0 Å². The molecule has 7 nitrogen and oxygen atoms in total. The maximum Gasteiger partial charge on any atom is 0.231 e. The van der Waals surface area contributed by atoms with E-state index >= 15 is 0 Å². The molecule has 0 saturated heterocycles. The van der Waals surface area contributed by atoms with Crippen LogP contribution in [0.2, 0.25) is 0 Å². The van der Waals surface area contributed by atoms with Crippen molar-refractivity contribution < 1.29 is 23.7 Å². The fourth-order valence-electron chi connectivity index (χ4n) is 2.65. The number of hydrogen-bond donors (Lipinski definition) is 2. The summed E-state index contributed by atoms with van der Waals surface area (Å²) in [5.41, 5.74) is 6.92. The van der Waals surface area contributed by atoms with Crippen LogP contribution in [0.4, 0.5) is 11.4 Å². The third-order valence-electron chi connectivity index (χ3n) is 3.93. The molecular weight excluding hydrogens is 356 g/mol. The number of carbonyl (C=O) groups is 1. The van der Waals surface area contributed by atoms with Crippen molar-refractivity contribution in [3.63, 3.8) is 0 Å². The number of fused-ring (bicyclic) bond motifs is 2. The van der Waals surface area contributed by atoms with Gasteiger partial charge in [0.1, 0.15) is 13.2 Å². The molecule has 4 rings (SSSR count). The Kier molecular flexibility index (Phi) is 4.66. The number of nitrogens with two attached hydrogens (primary N) is 1. The summed E-state index contributed by atoms with van der Waals surface area (Å²) in [6, 6.07) is 9.13. The van der Waals surface area contributed by atoms with Gasteiger partial charge in [-0.1, -0.05) is 0 Å². The fourth-order valence-corrected chi connectivity index (χ4v) is 3.53. The first kappa shape index (κ1) is 16.7. The van der Waals surface area contributed by atoms with Gasteiger partial charge in [0.05, 0.1) is 11.4 Å². The van der Waals surface area contributed by atoms with Gasteiger partial charge in [0, 0.05) is 29.2 Å². The predicted molar refractivity (Wildman–Crippen MR) is 98.4 cm³/mol. The smallest absolute Gasteiger partial charge is 0.231 e. The lowest BCUT2D eigenvalue weighted by Crippen LogP contribution is -2.15. The van der Waals surface area contributed by atoms with Crippen LogP contribution in [-0.4, -0.2) is 31.7 Å². The van der Waals surface area contributed by atoms with Crippen molar-refractivity contribution in [3.05, 3.63) is 30.3 Å². The molecule has 0 saturated carbocycles. The third kappa shape index (κ3) is 3.60. The average Bonchev–Trinajstić information content (AvgIpc) is 3.09. The van der Waals surface area contributed by atoms with E-state index in [9.17, 15) is 4.79 Å². The number of thioether (sulfide) groups is 1. The molecular formula is C18H18N2O5S. The highest BCUT2D eigenvalue weighted by Crippen LogP contribution is 2.38. The average molecular weight is 374 g/mol. The van der Waals surface area contributed by atoms with Crippen molar-refractivity contribution in [1.82, 2.24) is 0 Å². The number of hydrogen-bond acceptors (Lipinski definition) is 7. The SMILES string of the molecule is Nc1cc2c(cc1NC(=O)CCSc1ccc3c(c1)OCCO3)OCO2. The predicted octanol–water partition coefficient (Wildman–Crippen LogP) is 2.89. The Hall–Kier alpha value is -2.74. The van der Waals surface area contributed by atoms with Gasteiger partial charge in [0.15, 0.2) is 23.0 Å². The molecule has 2 aliphatic rings. The highest BCUT2D eigenvalue weighted by Gasteiger charge is 2.17. The van der Waals surface area contributed by atoms with Crippen molar-refractivity contribution in [2.24, 2.45) is 0 Å². The van der Waals surface area contributed by atoms with Crippen molar-refractivity contribution in [2.45, 2.75) is 11.3 Å². The lowest BCUT2D eigenvalue weighted by molar-refractivity contribution is -0.115. The molecule has 2 aromatic rings. The van der Waals surface area contributed by atoms with Gasteiger partial charge in [0.25, 0.3) is 0 Å². The molecule has 0 unspecified atom stereocenters. The van der Waals surface area contributed by atoms with Crippen molar-refractivity contribution >= 4 is 29.0 Å². The van der Waals surface area contributed by atoms with Gasteiger partial charge in [-0.25, -0.2) is 0 Å². The molecule has 0 aliphatic carbocycles. The van der Waals surface area contributed by atoms with Gasteiger partial charge in [0.2, 0.25) is 12.7 Å². The lowest BCUT2D eigenvalue weighted by Gasteiger charge is -2.18. The minimum atomic E-state index is -0.111. The van der Waals surface area contributed by atoms with Crippen LogP contribution in [0.5, 0.6) is 23.0 Å². The van der Waals surface area contributed by atoms with Crippen LogP contribution in [0.1, 0.15) is 6.42 Å². The van der Waals surface area contributed by atoms with E-state index in [1.165, 1.54) is 0 Å². The van der Waals surface area contributed by atoms with Gasteiger partial charge in [-0.3, -0.25) is 4.79 Å². The molecule has 2 aliphatic heterocycles. The molecule has 0 fully saturated rings. The molecule has 0 spiro atoms.